The minimum absolute atomic E-state index is 0.812. The van der Waals surface area contributed by atoms with Gasteiger partial charge in [-0.05, 0) is 31.4 Å². The van der Waals surface area contributed by atoms with Crippen molar-refractivity contribution in [2.24, 2.45) is 0 Å². The molecule has 0 aliphatic carbocycles. The topological polar surface area (TPSA) is 12.0 Å². The summed E-state index contributed by atoms with van der Waals surface area (Å²) in [5.41, 5.74) is 0. The van der Waals surface area contributed by atoms with Gasteiger partial charge in [0.15, 0.2) is 0 Å². The van der Waals surface area contributed by atoms with Crippen LogP contribution in [0.5, 0.6) is 0 Å². The minimum Gasteiger partial charge on any atom is -0.318 e. The van der Waals surface area contributed by atoms with E-state index in [1.807, 2.05) is 7.05 Å². The average molecular weight is 177 g/mol. The van der Waals surface area contributed by atoms with E-state index < -0.39 is 0 Å². The predicted molar refractivity (Wildman–Crippen MR) is 51.9 cm³/mol. The fraction of sp³-hybridized carbons (Fsp3) is 1.00. The third kappa shape index (κ3) is 3.17. The number of hydrogen-bond donors (Lipinski definition) is 1. The van der Waals surface area contributed by atoms with Gasteiger partial charge in [-0.25, -0.2) is 0 Å². The van der Waals surface area contributed by atoms with E-state index in [0.29, 0.717) is 0 Å². The second kappa shape index (κ2) is 5.33. The maximum atomic E-state index is 3.22. The lowest BCUT2D eigenvalue weighted by Gasteiger charge is -2.10. The zero-order valence-corrected chi connectivity index (χ0v) is 8.06. The highest BCUT2D eigenvalue weighted by Gasteiger charge is 2.10. The van der Waals surface area contributed by atoms with Gasteiger partial charge in [-0.3, -0.25) is 0 Å². The molecule has 60 valence electrons. The van der Waals surface area contributed by atoms with E-state index in [1.54, 1.807) is 0 Å². The molecule has 10 heavy (non-hydrogen) atoms. The van der Waals surface area contributed by atoms with E-state index in [9.17, 15) is 0 Å². The molecule has 1 fully saturated rings. The molecule has 0 bridgehead atoms. The first-order valence-corrected chi connectivity index (χ1v) is 5.91. The van der Waals surface area contributed by atoms with Crippen molar-refractivity contribution in [2.75, 3.05) is 25.1 Å². The van der Waals surface area contributed by atoms with Crippen molar-refractivity contribution in [3.63, 3.8) is 0 Å². The lowest BCUT2D eigenvalue weighted by atomic mass is 10.4. The first-order valence-electron chi connectivity index (χ1n) is 3.81. The Labute approximate surface area is 71.7 Å². The molecular formula is C7H15NS2. The quantitative estimate of drug-likeness (QED) is 0.691. The van der Waals surface area contributed by atoms with Gasteiger partial charge in [-0.2, -0.15) is 0 Å². The van der Waals surface area contributed by atoms with Crippen LogP contribution in [0.25, 0.3) is 0 Å². The third-order valence-corrected chi connectivity index (χ3v) is 4.46. The number of rotatable bonds is 2. The Morgan fingerprint density at radius 1 is 1.30 bits per heavy atom. The van der Waals surface area contributed by atoms with Crippen LogP contribution in [0.15, 0.2) is 0 Å². The zero-order chi connectivity index (χ0) is 7.23. The summed E-state index contributed by atoms with van der Waals surface area (Å²) in [6, 6.07) is 0. The first kappa shape index (κ1) is 8.75. The van der Waals surface area contributed by atoms with E-state index in [1.165, 1.54) is 24.3 Å². The molecule has 0 unspecified atom stereocenters. The molecule has 0 spiro atoms. The van der Waals surface area contributed by atoms with Crippen LogP contribution in [0, 0.1) is 0 Å². The van der Waals surface area contributed by atoms with Gasteiger partial charge in [-0.15, -0.1) is 23.5 Å². The van der Waals surface area contributed by atoms with Crippen LogP contribution in [0.1, 0.15) is 12.8 Å². The summed E-state index contributed by atoms with van der Waals surface area (Å²) in [5, 5.41) is 3.22. The van der Waals surface area contributed by atoms with Gasteiger partial charge in [0.1, 0.15) is 0 Å². The summed E-state index contributed by atoms with van der Waals surface area (Å²) in [7, 11) is 2.03. The molecule has 1 nitrogen and oxygen atoms in total. The molecule has 1 rings (SSSR count). The summed E-state index contributed by atoms with van der Waals surface area (Å²) in [5.74, 6) is 2.72. The second-order valence-corrected chi connectivity index (χ2v) is 5.36. The van der Waals surface area contributed by atoms with E-state index in [4.69, 9.17) is 0 Å². The second-order valence-electron chi connectivity index (χ2n) is 2.44. The van der Waals surface area contributed by atoms with E-state index in [2.05, 4.69) is 28.8 Å². The van der Waals surface area contributed by atoms with Crippen LogP contribution in [0.3, 0.4) is 0 Å². The zero-order valence-electron chi connectivity index (χ0n) is 6.43. The first-order chi connectivity index (χ1) is 4.93. The monoisotopic (exact) mass is 177 g/mol. The van der Waals surface area contributed by atoms with Crippen molar-refractivity contribution >= 4 is 23.5 Å². The summed E-state index contributed by atoms with van der Waals surface area (Å²) >= 11 is 4.22. The van der Waals surface area contributed by atoms with Gasteiger partial charge in [-0.1, -0.05) is 0 Å². The van der Waals surface area contributed by atoms with Crippen LogP contribution in [0.4, 0.5) is 0 Å². The van der Waals surface area contributed by atoms with Gasteiger partial charge in [0.25, 0.3) is 0 Å². The van der Waals surface area contributed by atoms with Crippen LogP contribution < -0.4 is 5.32 Å². The van der Waals surface area contributed by atoms with Crippen molar-refractivity contribution in [3.05, 3.63) is 0 Å². The molecule has 1 saturated heterocycles. The largest absolute Gasteiger partial charge is 0.318 e. The molecule has 0 aromatic heterocycles. The molecule has 1 heterocycles. The maximum Gasteiger partial charge on any atom is 0.0626 e. The van der Waals surface area contributed by atoms with Crippen LogP contribution >= 0.6 is 23.5 Å². The van der Waals surface area contributed by atoms with Gasteiger partial charge in [0.2, 0.25) is 0 Å². The van der Waals surface area contributed by atoms with Crippen molar-refractivity contribution < 1.29 is 0 Å². The Bertz CT molecular complexity index is 79.7. The molecule has 1 N–H and O–H groups in total. The average Bonchev–Trinajstić information content (AvgIpc) is 2.17. The molecule has 1 aliphatic heterocycles. The van der Waals surface area contributed by atoms with Crippen molar-refractivity contribution in [3.8, 4) is 0 Å². The van der Waals surface area contributed by atoms with Gasteiger partial charge in [0, 0.05) is 6.54 Å². The highest BCUT2D eigenvalue weighted by Crippen LogP contribution is 2.28. The lowest BCUT2D eigenvalue weighted by Crippen LogP contribution is -2.18. The van der Waals surface area contributed by atoms with Gasteiger partial charge < -0.3 is 5.32 Å². The number of nitrogens with one attached hydrogen (secondary N) is 1. The Balaban J connectivity index is 2.15. The standard InChI is InChI=1S/C7H15NS2/c1-8-6-7-9-4-2-3-5-10-7/h7-8H,2-6H2,1H3. The minimum atomic E-state index is 0.812. The van der Waals surface area contributed by atoms with Crippen LogP contribution in [0.2, 0.25) is 0 Å². The van der Waals surface area contributed by atoms with E-state index in [0.717, 1.165) is 11.1 Å². The van der Waals surface area contributed by atoms with Crippen LogP contribution in [-0.2, 0) is 0 Å². The molecular weight excluding hydrogens is 162 g/mol. The van der Waals surface area contributed by atoms with Crippen molar-refractivity contribution in [1.82, 2.24) is 5.32 Å². The summed E-state index contributed by atoms with van der Waals surface area (Å²) in [6.07, 6.45) is 2.83. The van der Waals surface area contributed by atoms with E-state index in [-0.39, 0.29) is 0 Å². The Hall–Kier alpha value is 0.660. The molecule has 0 radical (unpaired) electrons. The number of thioether (sulfide) groups is 2. The fourth-order valence-electron chi connectivity index (χ4n) is 0.966. The lowest BCUT2D eigenvalue weighted by molar-refractivity contribution is 0.852. The Kier molecular flexibility index (Phi) is 4.66. The molecule has 1 aliphatic rings. The summed E-state index contributed by atoms with van der Waals surface area (Å²) in [4.78, 5) is 0. The van der Waals surface area contributed by atoms with Gasteiger partial charge >= 0.3 is 0 Å². The van der Waals surface area contributed by atoms with Crippen molar-refractivity contribution in [2.45, 2.75) is 17.4 Å². The highest BCUT2D eigenvalue weighted by molar-refractivity contribution is 8.17. The third-order valence-electron chi connectivity index (χ3n) is 1.52. The normalized spacial score (nSPS) is 22.5. The molecule has 3 heteroatoms. The molecule has 0 amide bonds. The maximum absolute atomic E-state index is 3.22. The predicted octanol–water partition coefficient (Wildman–Crippen LogP) is 1.79. The van der Waals surface area contributed by atoms with E-state index >= 15 is 0 Å². The summed E-state index contributed by atoms with van der Waals surface area (Å²) < 4.78 is 0.812. The SMILES string of the molecule is CNCC1SCCCCS1. The van der Waals surface area contributed by atoms with Crippen LogP contribution in [-0.4, -0.2) is 29.7 Å². The van der Waals surface area contributed by atoms with Gasteiger partial charge in [0.05, 0.1) is 4.58 Å². The summed E-state index contributed by atoms with van der Waals surface area (Å²) in [6.45, 7) is 1.16. The molecule has 0 aromatic rings. The molecule has 0 saturated carbocycles. The fourth-order valence-corrected chi connectivity index (χ4v) is 3.76. The smallest absolute Gasteiger partial charge is 0.0626 e. The van der Waals surface area contributed by atoms with Crippen molar-refractivity contribution in [1.29, 1.82) is 0 Å². The molecule has 0 atom stereocenters. The Morgan fingerprint density at radius 2 is 1.90 bits per heavy atom. The Morgan fingerprint density at radius 3 is 2.40 bits per heavy atom. The molecule has 0 aromatic carbocycles. The highest BCUT2D eigenvalue weighted by atomic mass is 32.2. The number of hydrogen-bond acceptors (Lipinski definition) is 3.